The molecule has 1 unspecified atom stereocenters. The fraction of sp³-hybridized carbons (Fsp3) is 0.812. The van der Waals surface area contributed by atoms with E-state index in [1.165, 1.54) is 12.2 Å². The molecule has 2 aliphatic heterocycles. The first-order valence-electron chi connectivity index (χ1n) is 8.85. The van der Waals surface area contributed by atoms with Crippen LogP contribution >= 0.6 is 21.6 Å². The Bertz CT molecular complexity index is 503. The van der Waals surface area contributed by atoms with Crippen LogP contribution in [0.3, 0.4) is 0 Å². The molecular formula is C16H25N3O3S2. The molecule has 2 N–H and O–H groups in total. The number of carbonyl (C=O) groups is 3. The van der Waals surface area contributed by atoms with Gasteiger partial charge in [-0.3, -0.25) is 15.0 Å². The lowest BCUT2D eigenvalue weighted by Gasteiger charge is -2.30. The topological polar surface area (TPSA) is 78.5 Å². The van der Waals surface area contributed by atoms with Gasteiger partial charge in [0.15, 0.2) is 0 Å². The van der Waals surface area contributed by atoms with Crippen molar-refractivity contribution in [2.45, 2.75) is 75.0 Å². The molecule has 4 amide bonds. The molecule has 1 atom stereocenters. The zero-order valence-electron chi connectivity index (χ0n) is 13.8. The predicted octanol–water partition coefficient (Wildman–Crippen LogP) is 2.99. The average Bonchev–Trinajstić information content (AvgIpc) is 3.16. The molecule has 24 heavy (non-hydrogen) atoms. The van der Waals surface area contributed by atoms with Crippen molar-refractivity contribution in [3.05, 3.63) is 0 Å². The van der Waals surface area contributed by atoms with E-state index < -0.39 is 11.6 Å². The lowest BCUT2D eigenvalue weighted by atomic mass is 9.82. The fourth-order valence-corrected chi connectivity index (χ4v) is 6.65. The summed E-state index contributed by atoms with van der Waals surface area (Å²) >= 11 is 0. The Hall–Kier alpha value is -0.890. The molecule has 2 heterocycles. The van der Waals surface area contributed by atoms with Gasteiger partial charge in [0.05, 0.1) is 0 Å². The van der Waals surface area contributed by atoms with E-state index in [2.05, 4.69) is 10.7 Å². The van der Waals surface area contributed by atoms with Gasteiger partial charge in [0, 0.05) is 17.4 Å². The van der Waals surface area contributed by atoms with E-state index in [0.717, 1.165) is 48.8 Å². The minimum absolute atomic E-state index is 0.250. The monoisotopic (exact) mass is 371 g/mol. The molecular weight excluding hydrogens is 346 g/mol. The van der Waals surface area contributed by atoms with Gasteiger partial charge in [0.1, 0.15) is 5.54 Å². The van der Waals surface area contributed by atoms with Crippen molar-refractivity contribution in [3.8, 4) is 0 Å². The first-order valence-corrected chi connectivity index (χ1v) is 11.2. The average molecular weight is 372 g/mol. The van der Waals surface area contributed by atoms with Gasteiger partial charge in [-0.05, 0) is 32.1 Å². The van der Waals surface area contributed by atoms with Gasteiger partial charge in [0.25, 0.3) is 5.91 Å². The number of nitrogens with zero attached hydrogens (tertiary/aromatic N) is 1. The number of imide groups is 1. The smallest absolute Gasteiger partial charge is 0.322 e. The zero-order valence-corrected chi connectivity index (χ0v) is 15.5. The van der Waals surface area contributed by atoms with Gasteiger partial charge in [-0.25, -0.2) is 4.79 Å². The first kappa shape index (κ1) is 17.9. The first-order chi connectivity index (χ1) is 11.6. The van der Waals surface area contributed by atoms with E-state index in [1.807, 2.05) is 21.6 Å². The second-order valence-electron chi connectivity index (χ2n) is 6.82. The van der Waals surface area contributed by atoms with Crippen LogP contribution < -0.4 is 10.7 Å². The minimum atomic E-state index is -0.778. The van der Waals surface area contributed by atoms with Gasteiger partial charge in [-0.1, -0.05) is 47.3 Å². The molecule has 0 radical (unpaired) electrons. The van der Waals surface area contributed by atoms with E-state index in [4.69, 9.17) is 0 Å². The van der Waals surface area contributed by atoms with Crippen LogP contribution in [0, 0.1) is 0 Å². The van der Waals surface area contributed by atoms with Crippen molar-refractivity contribution in [2.75, 3.05) is 5.75 Å². The van der Waals surface area contributed by atoms with Crippen LogP contribution in [0.4, 0.5) is 4.79 Å². The molecule has 0 bridgehead atoms. The number of unbranched alkanes of at least 4 members (excludes halogenated alkanes) is 1. The van der Waals surface area contributed by atoms with E-state index in [1.54, 1.807) is 0 Å². The number of hydrogen-bond donors (Lipinski definition) is 2. The van der Waals surface area contributed by atoms with Crippen LogP contribution in [0.5, 0.6) is 0 Å². The molecule has 0 aromatic rings. The summed E-state index contributed by atoms with van der Waals surface area (Å²) < 4.78 is 0. The summed E-state index contributed by atoms with van der Waals surface area (Å²) in [7, 11) is 3.88. The lowest BCUT2D eigenvalue weighted by molar-refractivity contribution is -0.139. The Balaban J connectivity index is 1.42. The van der Waals surface area contributed by atoms with Crippen LogP contribution in [-0.2, 0) is 9.59 Å². The third-order valence-electron chi connectivity index (χ3n) is 5.01. The molecule has 3 rings (SSSR count). The van der Waals surface area contributed by atoms with Crippen molar-refractivity contribution in [1.82, 2.24) is 15.8 Å². The Labute approximate surface area is 150 Å². The number of nitrogens with one attached hydrogen (secondary N) is 2. The summed E-state index contributed by atoms with van der Waals surface area (Å²) in [5.41, 5.74) is 1.72. The van der Waals surface area contributed by atoms with Crippen molar-refractivity contribution in [2.24, 2.45) is 0 Å². The molecule has 3 aliphatic rings. The second-order valence-corrected chi connectivity index (χ2v) is 9.61. The maximum atomic E-state index is 12.6. The van der Waals surface area contributed by atoms with Crippen LogP contribution in [-0.4, -0.2) is 39.4 Å². The lowest BCUT2D eigenvalue weighted by Crippen LogP contribution is -2.50. The zero-order chi connectivity index (χ0) is 17.0. The number of hydrazine groups is 1. The number of rotatable bonds is 6. The van der Waals surface area contributed by atoms with Gasteiger partial charge in [-0.2, -0.15) is 5.01 Å². The van der Waals surface area contributed by atoms with E-state index in [0.29, 0.717) is 19.3 Å². The van der Waals surface area contributed by atoms with Gasteiger partial charge in [0.2, 0.25) is 5.91 Å². The molecule has 1 spiro atoms. The predicted molar refractivity (Wildman–Crippen MR) is 96.3 cm³/mol. The maximum absolute atomic E-state index is 12.6. The number of amides is 4. The third kappa shape index (κ3) is 4.02. The molecule has 6 nitrogen and oxygen atoms in total. The molecule has 134 valence electrons. The Kier molecular flexibility index (Phi) is 5.97. The standard InChI is InChI=1S/C16H25N3O3S2/c20-13(7-3-2-6-12-8-11-23-24-12)18-19-14(21)16(17-15(19)22)9-4-1-5-10-16/h12H,1-11H2,(H,17,22)(H,18,20). The van der Waals surface area contributed by atoms with Crippen molar-refractivity contribution in [1.29, 1.82) is 0 Å². The second kappa shape index (κ2) is 7.99. The van der Waals surface area contributed by atoms with E-state index >= 15 is 0 Å². The fourth-order valence-electron chi connectivity index (χ4n) is 3.62. The Morgan fingerprint density at radius 2 is 2.04 bits per heavy atom. The van der Waals surface area contributed by atoms with Crippen molar-refractivity contribution >= 4 is 39.4 Å². The minimum Gasteiger partial charge on any atom is -0.322 e. The largest absolute Gasteiger partial charge is 0.344 e. The summed E-state index contributed by atoms with van der Waals surface area (Å²) in [6.45, 7) is 0. The van der Waals surface area contributed by atoms with Crippen LogP contribution in [0.1, 0.15) is 64.2 Å². The molecule has 0 aromatic carbocycles. The highest BCUT2D eigenvalue weighted by Gasteiger charge is 2.52. The quantitative estimate of drug-likeness (QED) is 0.426. The SMILES string of the molecule is O=C(CCCCC1CCSS1)NN1C(=O)NC2(CCCCC2)C1=O. The van der Waals surface area contributed by atoms with E-state index in [-0.39, 0.29) is 11.8 Å². The number of urea groups is 1. The summed E-state index contributed by atoms with van der Waals surface area (Å²) in [5.74, 6) is 0.684. The summed E-state index contributed by atoms with van der Waals surface area (Å²) in [6.07, 6.45) is 8.85. The number of carbonyl (C=O) groups excluding carboxylic acids is 3. The van der Waals surface area contributed by atoms with Crippen molar-refractivity contribution < 1.29 is 14.4 Å². The highest BCUT2D eigenvalue weighted by molar-refractivity contribution is 8.77. The summed E-state index contributed by atoms with van der Waals surface area (Å²) in [6, 6.07) is -0.491. The van der Waals surface area contributed by atoms with Crippen LogP contribution in [0.2, 0.25) is 0 Å². The summed E-state index contributed by atoms with van der Waals surface area (Å²) in [4.78, 5) is 36.7. The maximum Gasteiger partial charge on any atom is 0.344 e. The Morgan fingerprint density at radius 1 is 1.25 bits per heavy atom. The molecule has 8 heteroatoms. The molecule has 1 aliphatic carbocycles. The number of hydrogen-bond acceptors (Lipinski definition) is 5. The molecule has 0 aromatic heterocycles. The van der Waals surface area contributed by atoms with Crippen LogP contribution in [0.15, 0.2) is 0 Å². The van der Waals surface area contributed by atoms with Gasteiger partial charge in [-0.15, -0.1) is 0 Å². The van der Waals surface area contributed by atoms with Gasteiger partial charge < -0.3 is 5.32 Å². The highest BCUT2D eigenvalue weighted by atomic mass is 33.1. The van der Waals surface area contributed by atoms with Gasteiger partial charge >= 0.3 is 6.03 Å². The third-order valence-corrected chi connectivity index (χ3v) is 8.02. The van der Waals surface area contributed by atoms with E-state index in [9.17, 15) is 14.4 Å². The Morgan fingerprint density at radius 3 is 2.75 bits per heavy atom. The summed E-state index contributed by atoms with van der Waals surface area (Å²) in [5, 5.41) is 4.41. The van der Waals surface area contributed by atoms with Crippen LogP contribution in [0.25, 0.3) is 0 Å². The van der Waals surface area contributed by atoms with Crippen molar-refractivity contribution in [3.63, 3.8) is 0 Å². The molecule has 3 fully saturated rings. The molecule has 2 saturated heterocycles. The normalized spacial score (nSPS) is 26.0. The molecule has 1 saturated carbocycles. The highest BCUT2D eigenvalue weighted by Crippen LogP contribution is 2.40.